The standard InChI is InChI=1S/C12H12Cl2O2/c1-12(5-2-6-16-12)11(15)9-7-8(13)3-4-10(9)14/h3-4,7H,2,5-6H2,1H3. The van der Waals surface area contributed by atoms with E-state index in [0.717, 1.165) is 12.8 Å². The first-order valence-electron chi connectivity index (χ1n) is 5.17. The number of ether oxygens (including phenoxy) is 1. The second kappa shape index (κ2) is 4.36. The smallest absolute Gasteiger partial charge is 0.195 e. The zero-order chi connectivity index (χ0) is 11.8. The topological polar surface area (TPSA) is 26.3 Å². The molecule has 1 aliphatic rings. The summed E-state index contributed by atoms with van der Waals surface area (Å²) in [7, 11) is 0. The number of benzene rings is 1. The van der Waals surface area contributed by atoms with Crippen LogP contribution in [0.2, 0.25) is 10.0 Å². The molecule has 0 spiro atoms. The maximum absolute atomic E-state index is 12.3. The van der Waals surface area contributed by atoms with Crippen LogP contribution in [-0.4, -0.2) is 18.0 Å². The van der Waals surface area contributed by atoms with Crippen molar-refractivity contribution in [1.82, 2.24) is 0 Å². The predicted octanol–water partition coefficient (Wildman–Crippen LogP) is 3.75. The van der Waals surface area contributed by atoms with E-state index in [1.54, 1.807) is 25.1 Å². The van der Waals surface area contributed by atoms with Gasteiger partial charge in [-0.25, -0.2) is 0 Å². The summed E-state index contributed by atoms with van der Waals surface area (Å²) in [5.74, 6) is -0.0856. The van der Waals surface area contributed by atoms with Gasteiger partial charge in [0.2, 0.25) is 0 Å². The van der Waals surface area contributed by atoms with Crippen molar-refractivity contribution in [3.8, 4) is 0 Å². The average Bonchev–Trinajstić information content (AvgIpc) is 2.69. The Labute approximate surface area is 104 Å². The third-order valence-corrected chi connectivity index (χ3v) is 3.44. The molecule has 1 fully saturated rings. The summed E-state index contributed by atoms with van der Waals surface area (Å²) in [6.45, 7) is 2.43. The second-order valence-electron chi connectivity index (χ2n) is 4.14. The Morgan fingerprint density at radius 2 is 2.19 bits per heavy atom. The van der Waals surface area contributed by atoms with E-state index in [-0.39, 0.29) is 5.78 Å². The van der Waals surface area contributed by atoms with Gasteiger partial charge in [0.15, 0.2) is 5.78 Å². The van der Waals surface area contributed by atoms with Crippen LogP contribution in [0.1, 0.15) is 30.1 Å². The number of hydrogen-bond donors (Lipinski definition) is 0. The first kappa shape index (κ1) is 11.9. The van der Waals surface area contributed by atoms with E-state index in [1.807, 2.05) is 0 Å². The fourth-order valence-electron chi connectivity index (χ4n) is 1.91. The Kier molecular flexibility index (Phi) is 3.24. The van der Waals surface area contributed by atoms with Gasteiger partial charge in [0.05, 0.1) is 5.02 Å². The number of halogens is 2. The summed E-state index contributed by atoms with van der Waals surface area (Å²) in [5.41, 5.74) is -0.299. The lowest BCUT2D eigenvalue weighted by atomic mass is 9.92. The molecule has 1 unspecified atom stereocenters. The minimum absolute atomic E-state index is 0.0856. The molecule has 0 amide bonds. The predicted molar refractivity (Wildman–Crippen MR) is 64.4 cm³/mol. The largest absolute Gasteiger partial charge is 0.367 e. The van der Waals surface area contributed by atoms with Gasteiger partial charge in [0, 0.05) is 17.2 Å². The third kappa shape index (κ3) is 2.10. The van der Waals surface area contributed by atoms with Crippen LogP contribution >= 0.6 is 23.2 Å². The van der Waals surface area contributed by atoms with Crippen molar-refractivity contribution in [2.75, 3.05) is 6.61 Å². The van der Waals surface area contributed by atoms with Crippen molar-refractivity contribution in [2.45, 2.75) is 25.4 Å². The van der Waals surface area contributed by atoms with E-state index in [2.05, 4.69) is 0 Å². The van der Waals surface area contributed by atoms with Gasteiger partial charge >= 0.3 is 0 Å². The molecule has 2 rings (SSSR count). The zero-order valence-corrected chi connectivity index (χ0v) is 10.4. The van der Waals surface area contributed by atoms with Gasteiger partial charge in [0.1, 0.15) is 5.60 Å². The van der Waals surface area contributed by atoms with E-state index >= 15 is 0 Å². The van der Waals surface area contributed by atoms with E-state index < -0.39 is 5.60 Å². The van der Waals surface area contributed by atoms with Crippen LogP contribution in [0.25, 0.3) is 0 Å². The van der Waals surface area contributed by atoms with Gasteiger partial charge in [0.25, 0.3) is 0 Å². The normalized spacial score (nSPS) is 24.7. The second-order valence-corrected chi connectivity index (χ2v) is 4.98. The van der Waals surface area contributed by atoms with E-state index in [9.17, 15) is 4.79 Å². The van der Waals surface area contributed by atoms with Crippen molar-refractivity contribution < 1.29 is 9.53 Å². The van der Waals surface area contributed by atoms with Crippen LogP contribution in [0.4, 0.5) is 0 Å². The van der Waals surface area contributed by atoms with Gasteiger partial charge < -0.3 is 4.74 Å². The molecule has 0 bridgehead atoms. The Morgan fingerprint density at radius 3 is 2.81 bits per heavy atom. The van der Waals surface area contributed by atoms with Gasteiger partial charge in [-0.3, -0.25) is 4.79 Å². The van der Waals surface area contributed by atoms with Crippen LogP contribution in [-0.2, 0) is 4.74 Å². The molecule has 2 nitrogen and oxygen atoms in total. The first-order chi connectivity index (χ1) is 7.53. The maximum atomic E-state index is 12.3. The molecule has 1 saturated heterocycles. The average molecular weight is 259 g/mol. The molecule has 0 N–H and O–H groups in total. The molecule has 1 aromatic rings. The molecule has 0 aromatic heterocycles. The molecule has 0 saturated carbocycles. The Balaban J connectivity index is 2.36. The van der Waals surface area contributed by atoms with Crippen molar-refractivity contribution >= 4 is 29.0 Å². The highest BCUT2D eigenvalue weighted by Gasteiger charge is 2.38. The SMILES string of the molecule is CC1(C(=O)c2cc(Cl)ccc2Cl)CCCO1. The number of Topliss-reactive ketones (excluding diaryl/α,β-unsaturated/α-hetero) is 1. The van der Waals surface area contributed by atoms with Crippen LogP contribution in [0.3, 0.4) is 0 Å². The molecule has 1 heterocycles. The molecular formula is C12H12Cl2O2. The third-order valence-electron chi connectivity index (χ3n) is 2.87. The zero-order valence-electron chi connectivity index (χ0n) is 8.93. The number of rotatable bonds is 2. The highest BCUT2D eigenvalue weighted by Crippen LogP contribution is 2.32. The van der Waals surface area contributed by atoms with Gasteiger partial charge in [-0.2, -0.15) is 0 Å². The van der Waals surface area contributed by atoms with Gasteiger partial charge in [-0.15, -0.1) is 0 Å². The molecule has 0 aliphatic carbocycles. The molecule has 86 valence electrons. The van der Waals surface area contributed by atoms with Gasteiger partial charge in [-0.1, -0.05) is 23.2 Å². The molecule has 4 heteroatoms. The van der Waals surface area contributed by atoms with Gasteiger partial charge in [-0.05, 0) is 38.0 Å². The van der Waals surface area contributed by atoms with E-state index in [4.69, 9.17) is 27.9 Å². The minimum Gasteiger partial charge on any atom is -0.367 e. The molecule has 1 aliphatic heterocycles. The van der Waals surface area contributed by atoms with Crippen molar-refractivity contribution in [3.63, 3.8) is 0 Å². The van der Waals surface area contributed by atoms with Crippen molar-refractivity contribution in [2.24, 2.45) is 0 Å². The quantitative estimate of drug-likeness (QED) is 0.756. The Bertz CT molecular complexity index is 423. The lowest BCUT2D eigenvalue weighted by Gasteiger charge is -2.21. The number of ketones is 1. The van der Waals surface area contributed by atoms with Crippen LogP contribution < -0.4 is 0 Å². The van der Waals surface area contributed by atoms with Crippen molar-refractivity contribution in [3.05, 3.63) is 33.8 Å². The highest BCUT2D eigenvalue weighted by molar-refractivity contribution is 6.36. The molecule has 16 heavy (non-hydrogen) atoms. The summed E-state index contributed by atoms with van der Waals surface area (Å²) in [6, 6.07) is 4.90. The monoisotopic (exact) mass is 258 g/mol. The first-order valence-corrected chi connectivity index (χ1v) is 5.92. The molecule has 0 radical (unpaired) electrons. The summed E-state index contributed by atoms with van der Waals surface area (Å²) in [6.07, 6.45) is 1.63. The van der Waals surface area contributed by atoms with E-state index in [1.165, 1.54) is 0 Å². The lowest BCUT2D eigenvalue weighted by Crippen LogP contribution is -2.34. The maximum Gasteiger partial charge on any atom is 0.195 e. The number of carbonyl (C=O) groups is 1. The fourth-order valence-corrected chi connectivity index (χ4v) is 2.29. The van der Waals surface area contributed by atoms with Crippen LogP contribution in [0, 0.1) is 0 Å². The van der Waals surface area contributed by atoms with E-state index in [0.29, 0.717) is 22.2 Å². The lowest BCUT2D eigenvalue weighted by molar-refractivity contribution is 0.0213. The summed E-state index contributed by atoms with van der Waals surface area (Å²) < 4.78 is 5.50. The fraction of sp³-hybridized carbons (Fsp3) is 0.417. The molecule has 1 aromatic carbocycles. The Hall–Kier alpha value is -0.570. The summed E-state index contributed by atoms with van der Waals surface area (Å²) in [5, 5.41) is 0.931. The highest BCUT2D eigenvalue weighted by atomic mass is 35.5. The Morgan fingerprint density at radius 1 is 1.44 bits per heavy atom. The summed E-state index contributed by atoms with van der Waals surface area (Å²) in [4.78, 5) is 12.3. The van der Waals surface area contributed by atoms with Crippen LogP contribution in [0.15, 0.2) is 18.2 Å². The molecule has 1 atom stereocenters. The van der Waals surface area contributed by atoms with Crippen LogP contribution in [0.5, 0.6) is 0 Å². The number of hydrogen-bond acceptors (Lipinski definition) is 2. The molecular weight excluding hydrogens is 247 g/mol. The number of carbonyl (C=O) groups excluding carboxylic acids is 1. The minimum atomic E-state index is -0.742. The summed E-state index contributed by atoms with van der Waals surface area (Å²) >= 11 is 11.9. The van der Waals surface area contributed by atoms with Crippen molar-refractivity contribution in [1.29, 1.82) is 0 Å².